The molecule has 1 saturated heterocycles. The second kappa shape index (κ2) is 8.97. The van der Waals surface area contributed by atoms with Crippen LogP contribution in [-0.4, -0.2) is 56.6 Å². The molecule has 1 aliphatic heterocycles. The molecule has 0 radical (unpaired) electrons. The smallest absolute Gasteiger partial charge is 0.410 e. The number of hydrogen-bond donors (Lipinski definition) is 0. The van der Waals surface area contributed by atoms with Crippen molar-refractivity contribution in [2.75, 3.05) is 31.1 Å². The van der Waals surface area contributed by atoms with Gasteiger partial charge in [0.2, 0.25) is 0 Å². The fraction of sp³-hybridized carbons (Fsp3) is 0.320. The number of pyridine rings is 1. The summed E-state index contributed by atoms with van der Waals surface area (Å²) in [5, 5.41) is 8.84. The van der Waals surface area contributed by atoms with Crippen molar-refractivity contribution < 1.29 is 9.53 Å². The largest absolute Gasteiger partial charge is 0.442 e. The number of carbonyl (C=O) groups is 1. The van der Waals surface area contributed by atoms with Crippen molar-refractivity contribution in [1.29, 1.82) is 0 Å². The molecule has 1 amide bonds. The second-order valence-corrected chi connectivity index (χ2v) is 8.44. The van der Waals surface area contributed by atoms with Gasteiger partial charge in [0.1, 0.15) is 6.10 Å². The number of carbonyl (C=O) groups excluding carboxylic acids is 1. The van der Waals surface area contributed by atoms with E-state index in [1.165, 1.54) is 0 Å². The quantitative estimate of drug-likeness (QED) is 0.473. The van der Waals surface area contributed by atoms with Crippen molar-refractivity contribution in [2.24, 2.45) is 7.05 Å². The van der Waals surface area contributed by atoms with Crippen molar-refractivity contribution in [3.63, 3.8) is 0 Å². The summed E-state index contributed by atoms with van der Waals surface area (Å²) in [6.45, 7) is 4.81. The molecule has 1 aromatic carbocycles. The van der Waals surface area contributed by atoms with Gasteiger partial charge in [-0.25, -0.2) is 9.31 Å². The highest BCUT2D eigenvalue weighted by atomic mass is 16.6. The lowest BCUT2D eigenvalue weighted by Gasteiger charge is -2.24. The molecule has 3 aromatic heterocycles. The van der Waals surface area contributed by atoms with E-state index in [2.05, 4.69) is 27.2 Å². The van der Waals surface area contributed by atoms with Crippen LogP contribution in [0.5, 0.6) is 0 Å². The van der Waals surface area contributed by atoms with Crippen molar-refractivity contribution in [3.05, 3.63) is 72.8 Å². The third kappa shape index (κ3) is 4.41. The second-order valence-electron chi connectivity index (χ2n) is 8.44. The minimum absolute atomic E-state index is 0.255. The van der Waals surface area contributed by atoms with Gasteiger partial charge in [0.15, 0.2) is 0 Å². The van der Waals surface area contributed by atoms with Crippen molar-refractivity contribution in [3.8, 4) is 11.1 Å². The molecule has 8 nitrogen and oxygen atoms in total. The van der Waals surface area contributed by atoms with Crippen molar-refractivity contribution in [1.82, 2.24) is 24.3 Å². The van der Waals surface area contributed by atoms with Gasteiger partial charge in [0, 0.05) is 56.7 Å². The van der Waals surface area contributed by atoms with E-state index in [0.717, 1.165) is 47.4 Å². The van der Waals surface area contributed by atoms with Crippen LogP contribution in [0.1, 0.15) is 25.0 Å². The van der Waals surface area contributed by atoms with Crippen LogP contribution in [0.15, 0.2) is 67.3 Å². The Kier molecular flexibility index (Phi) is 5.73. The number of aromatic nitrogens is 4. The van der Waals surface area contributed by atoms with Crippen LogP contribution >= 0.6 is 0 Å². The molecule has 8 heteroatoms. The molecular weight excluding hydrogens is 416 g/mol. The fourth-order valence-corrected chi connectivity index (χ4v) is 4.31. The molecule has 170 valence electrons. The Morgan fingerprint density at radius 1 is 0.939 bits per heavy atom. The maximum Gasteiger partial charge on any atom is 0.410 e. The van der Waals surface area contributed by atoms with Gasteiger partial charge in [0.05, 0.1) is 23.6 Å². The Balaban J connectivity index is 1.26. The first-order valence-electron chi connectivity index (χ1n) is 11.3. The summed E-state index contributed by atoms with van der Waals surface area (Å²) in [7, 11) is 1.91. The number of fused-ring (bicyclic) bond motifs is 1. The first-order valence-corrected chi connectivity index (χ1v) is 11.3. The zero-order chi connectivity index (χ0) is 22.8. The van der Waals surface area contributed by atoms with Crippen LogP contribution in [0.4, 0.5) is 10.5 Å². The van der Waals surface area contributed by atoms with E-state index in [1.807, 2.05) is 78.5 Å². The van der Waals surface area contributed by atoms with E-state index in [1.54, 1.807) is 4.68 Å². The van der Waals surface area contributed by atoms with Gasteiger partial charge in [-0.3, -0.25) is 4.68 Å². The Hall–Kier alpha value is -3.81. The van der Waals surface area contributed by atoms with Crippen LogP contribution in [0.25, 0.3) is 16.6 Å². The summed E-state index contributed by atoms with van der Waals surface area (Å²) in [5.41, 5.74) is 5.27. The Bertz CT molecular complexity index is 1250. The molecule has 5 rings (SSSR count). The molecule has 0 saturated carbocycles. The summed E-state index contributed by atoms with van der Waals surface area (Å²) in [4.78, 5) is 16.9. The highest BCUT2D eigenvalue weighted by Crippen LogP contribution is 2.26. The summed E-state index contributed by atoms with van der Waals surface area (Å²) in [6.07, 6.45) is 8.14. The topological polar surface area (TPSA) is 67.9 Å². The zero-order valence-electron chi connectivity index (χ0n) is 19.0. The molecular formula is C25H28N6O2. The predicted octanol–water partition coefficient (Wildman–Crippen LogP) is 4.14. The SMILES string of the molecule is C[C@@H](OC(=O)N1CCCN(c2cnn3cc(-c4cnn(C)c4)ccc23)CC1)c1ccccc1. The van der Waals surface area contributed by atoms with Gasteiger partial charge in [-0.05, 0) is 25.0 Å². The van der Waals surface area contributed by atoms with Crippen LogP contribution in [-0.2, 0) is 11.8 Å². The number of amides is 1. The van der Waals surface area contributed by atoms with Gasteiger partial charge in [-0.2, -0.15) is 10.2 Å². The highest BCUT2D eigenvalue weighted by molar-refractivity contribution is 5.75. The van der Waals surface area contributed by atoms with E-state index in [4.69, 9.17) is 4.74 Å². The van der Waals surface area contributed by atoms with Crippen molar-refractivity contribution >= 4 is 17.3 Å². The average Bonchev–Trinajstić information content (AvgIpc) is 3.38. The van der Waals surface area contributed by atoms with Gasteiger partial charge in [-0.15, -0.1) is 0 Å². The maximum absolute atomic E-state index is 12.8. The first-order chi connectivity index (χ1) is 16.1. The number of ether oxygens (including phenoxy) is 1. The Labute approximate surface area is 193 Å². The molecule has 4 aromatic rings. The molecule has 1 fully saturated rings. The van der Waals surface area contributed by atoms with E-state index in [-0.39, 0.29) is 12.2 Å². The average molecular weight is 445 g/mol. The van der Waals surface area contributed by atoms with Crippen LogP contribution < -0.4 is 4.90 Å². The third-order valence-electron chi connectivity index (χ3n) is 6.18. The zero-order valence-corrected chi connectivity index (χ0v) is 19.0. The lowest BCUT2D eigenvalue weighted by molar-refractivity contribution is 0.0715. The molecule has 0 N–H and O–H groups in total. The normalized spacial score (nSPS) is 15.5. The molecule has 0 unspecified atom stereocenters. The summed E-state index contributed by atoms with van der Waals surface area (Å²) < 4.78 is 9.44. The van der Waals surface area contributed by atoms with Gasteiger partial charge in [0.25, 0.3) is 0 Å². The summed E-state index contributed by atoms with van der Waals surface area (Å²) in [5.74, 6) is 0. The van der Waals surface area contributed by atoms with Gasteiger partial charge in [-0.1, -0.05) is 36.4 Å². The molecule has 0 bridgehead atoms. The lowest BCUT2D eigenvalue weighted by atomic mass is 10.1. The van der Waals surface area contributed by atoms with E-state index < -0.39 is 0 Å². The molecule has 0 aliphatic carbocycles. The number of anilines is 1. The summed E-state index contributed by atoms with van der Waals surface area (Å²) >= 11 is 0. The number of rotatable bonds is 4. The van der Waals surface area contributed by atoms with Crippen LogP contribution in [0, 0.1) is 0 Å². The third-order valence-corrected chi connectivity index (χ3v) is 6.18. The molecule has 1 aliphatic rings. The molecule has 33 heavy (non-hydrogen) atoms. The van der Waals surface area contributed by atoms with E-state index in [0.29, 0.717) is 13.1 Å². The van der Waals surface area contributed by atoms with E-state index >= 15 is 0 Å². The van der Waals surface area contributed by atoms with Crippen LogP contribution in [0.2, 0.25) is 0 Å². The maximum atomic E-state index is 12.8. The fourth-order valence-electron chi connectivity index (χ4n) is 4.31. The number of benzene rings is 1. The standard InChI is InChI=1S/C25H28N6O2/c1-19(20-7-4-3-5-8-20)33-25(32)30-12-6-11-29(13-14-30)24-16-27-31-18-21(9-10-23(24)31)22-15-26-28(2)17-22/h3-5,7-10,15-19H,6,11-14H2,1-2H3/t19-/m1/s1. The number of aryl methyl sites for hydroxylation is 1. The summed E-state index contributed by atoms with van der Waals surface area (Å²) in [6, 6.07) is 14.0. The molecule has 0 spiro atoms. The minimum atomic E-state index is -0.272. The molecule has 4 heterocycles. The highest BCUT2D eigenvalue weighted by Gasteiger charge is 2.23. The monoisotopic (exact) mass is 444 g/mol. The van der Waals surface area contributed by atoms with Crippen LogP contribution in [0.3, 0.4) is 0 Å². The Morgan fingerprint density at radius 2 is 1.79 bits per heavy atom. The van der Waals surface area contributed by atoms with Crippen molar-refractivity contribution in [2.45, 2.75) is 19.4 Å². The number of hydrogen-bond acceptors (Lipinski definition) is 5. The minimum Gasteiger partial charge on any atom is -0.442 e. The predicted molar refractivity (Wildman–Crippen MR) is 127 cm³/mol. The molecule has 1 atom stereocenters. The number of nitrogens with zero attached hydrogens (tertiary/aromatic N) is 6. The Morgan fingerprint density at radius 3 is 2.58 bits per heavy atom. The van der Waals surface area contributed by atoms with Gasteiger partial charge >= 0.3 is 6.09 Å². The van der Waals surface area contributed by atoms with Gasteiger partial charge < -0.3 is 14.5 Å². The first kappa shape index (κ1) is 21.1. The lowest BCUT2D eigenvalue weighted by Crippen LogP contribution is -2.36. The van der Waals surface area contributed by atoms with E-state index in [9.17, 15) is 4.79 Å².